The lowest BCUT2D eigenvalue weighted by molar-refractivity contribution is -0.142. The highest BCUT2D eigenvalue weighted by Gasteiger charge is 2.33. The largest absolute Gasteiger partial charge is 0.480 e. The minimum atomic E-state index is -1.01. The molecule has 0 aliphatic heterocycles. The number of aliphatic carboxylic acids is 1. The minimum absolute atomic E-state index is 0.346. The SMILES string of the molecule is CSCCN(C)C(=O)NC(C(=O)O)C(C)(C)C. The van der Waals surface area contributed by atoms with Crippen molar-refractivity contribution in [1.82, 2.24) is 10.2 Å². The molecule has 0 rings (SSSR count). The summed E-state index contributed by atoms with van der Waals surface area (Å²) in [7, 11) is 1.66. The summed E-state index contributed by atoms with van der Waals surface area (Å²) < 4.78 is 0. The molecule has 0 aliphatic carbocycles. The fourth-order valence-electron chi connectivity index (χ4n) is 1.21. The normalized spacial score (nSPS) is 13.0. The van der Waals surface area contributed by atoms with Gasteiger partial charge in [0.2, 0.25) is 0 Å². The number of thioether (sulfide) groups is 1. The standard InChI is InChI=1S/C11H22N2O3S/c1-11(2,3)8(9(14)15)12-10(16)13(4)6-7-17-5/h8H,6-7H2,1-5H3,(H,12,16)(H,14,15). The zero-order valence-electron chi connectivity index (χ0n) is 11.1. The first-order chi connectivity index (χ1) is 7.70. The number of urea groups is 1. The van der Waals surface area contributed by atoms with Gasteiger partial charge in [-0.2, -0.15) is 11.8 Å². The van der Waals surface area contributed by atoms with Gasteiger partial charge in [-0.15, -0.1) is 0 Å². The first kappa shape index (κ1) is 16.1. The molecule has 0 saturated heterocycles. The highest BCUT2D eigenvalue weighted by atomic mass is 32.2. The van der Waals surface area contributed by atoms with Crippen LogP contribution in [0, 0.1) is 5.41 Å². The van der Waals surface area contributed by atoms with Crippen LogP contribution in [0.1, 0.15) is 20.8 Å². The molecule has 2 N–H and O–H groups in total. The third-order valence-corrected chi connectivity index (χ3v) is 2.95. The number of nitrogens with zero attached hydrogens (tertiary/aromatic N) is 1. The molecule has 0 aromatic carbocycles. The Bertz CT molecular complexity index is 276. The van der Waals surface area contributed by atoms with Gasteiger partial charge in [0.1, 0.15) is 6.04 Å². The van der Waals surface area contributed by atoms with Gasteiger partial charge in [0.05, 0.1) is 0 Å². The van der Waals surface area contributed by atoms with E-state index < -0.39 is 17.4 Å². The minimum Gasteiger partial charge on any atom is -0.480 e. The van der Waals surface area contributed by atoms with Crippen molar-refractivity contribution >= 4 is 23.8 Å². The second-order valence-corrected chi connectivity index (χ2v) is 5.99. The maximum absolute atomic E-state index is 11.8. The molecule has 6 heteroatoms. The molecule has 0 aromatic rings. The maximum atomic E-state index is 11.8. The van der Waals surface area contributed by atoms with Crippen molar-refractivity contribution in [2.75, 3.05) is 25.6 Å². The molecule has 0 bridgehead atoms. The highest BCUT2D eigenvalue weighted by molar-refractivity contribution is 7.98. The third kappa shape index (κ3) is 5.81. The number of carboxylic acids is 1. The van der Waals surface area contributed by atoms with Crippen molar-refractivity contribution in [3.8, 4) is 0 Å². The molecular formula is C11H22N2O3S. The molecular weight excluding hydrogens is 240 g/mol. The summed E-state index contributed by atoms with van der Waals surface area (Å²) in [5.74, 6) is -0.180. The third-order valence-electron chi connectivity index (χ3n) is 2.36. The summed E-state index contributed by atoms with van der Waals surface area (Å²) in [6.07, 6.45) is 1.96. The Balaban J connectivity index is 4.47. The first-order valence-corrected chi connectivity index (χ1v) is 6.83. The number of rotatable bonds is 5. The van der Waals surface area contributed by atoms with Gasteiger partial charge in [0.25, 0.3) is 0 Å². The summed E-state index contributed by atoms with van der Waals surface area (Å²) in [6, 6.07) is -1.23. The second kappa shape index (κ2) is 6.74. The van der Waals surface area contributed by atoms with Gasteiger partial charge >= 0.3 is 12.0 Å². The van der Waals surface area contributed by atoms with Crippen LogP contribution in [0.4, 0.5) is 4.79 Å². The van der Waals surface area contributed by atoms with Crippen molar-refractivity contribution in [3.63, 3.8) is 0 Å². The van der Waals surface area contributed by atoms with Crippen LogP contribution in [0.5, 0.6) is 0 Å². The van der Waals surface area contributed by atoms with Crippen LogP contribution in [0.15, 0.2) is 0 Å². The molecule has 0 radical (unpaired) electrons. The summed E-state index contributed by atoms with van der Waals surface area (Å²) in [6.45, 7) is 5.96. The summed E-state index contributed by atoms with van der Waals surface area (Å²) in [5, 5.41) is 11.6. The Morgan fingerprint density at radius 2 is 1.94 bits per heavy atom. The molecule has 0 fully saturated rings. The first-order valence-electron chi connectivity index (χ1n) is 5.43. The molecule has 0 aliphatic rings. The van der Waals surface area contributed by atoms with E-state index in [2.05, 4.69) is 5.32 Å². The molecule has 0 spiro atoms. The van der Waals surface area contributed by atoms with Crippen molar-refractivity contribution in [2.24, 2.45) is 5.41 Å². The Morgan fingerprint density at radius 3 is 2.29 bits per heavy atom. The lowest BCUT2D eigenvalue weighted by Gasteiger charge is -2.29. The van der Waals surface area contributed by atoms with Gasteiger partial charge in [-0.3, -0.25) is 0 Å². The quantitative estimate of drug-likeness (QED) is 0.787. The topological polar surface area (TPSA) is 69.6 Å². The Kier molecular flexibility index (Phi) is 6.37. The Morgan fingerprint density at radius 1 is 1.41 bits per heavy atom. The average Bonchev–Trinajstić information content (AvgIpc) is 2.19. The predicted molar refractivity (Wildman–Crippen MR) is 70.4 cm³/mol. The van der Waals surface area contributed by atoms with Gasteiger partial charge in [-0.1, -0.05) is 20.8 Å². The summed E-state index contributed by atoms with van der Waals surface area (Å²) >= 11 is 1.64. The van der Waals surface area contributed by atoms with Crippen molar-refractivity contribution in [2.45, 2.75) is 26.8 Å². The number of carbonyl (C=O) groups excluding carboxylic acids is 1. The fourth-order valence-corrected chi connectivity index (χ4v) is 1.67. The smallest absolute Gasteiger partial charge is 0.326 e. The van der Waals surface area contributed by atoms with Gasteiger partial charge in [-0.25, -0.2) is 9.59 Å². The number of nitrogens with one attached hydrogen (secondary N) is 1. The maximum Gasteiger partial charge on any atom is 0.326 e. The summed E-state index contributed by atoms with van der Waals surface area (Å²) in [5.41, 5.74) is -0.512. The summed E-state index contributed by atoms with van der Waals surface area (Å²) in [4.78, 5) is 24.3. The van der Waals surface area contributed by atoms with E-state index in [0.29, 0.717) is 6.54 Å². The molecule has 17 heavy (non-hydrogen) atoms. The number of carboxylic acid groups (broad SMARTS) is 1. The van der Waals surface area contributed by atoms with Crippen LogP contribution in [0.2, 0.25) is 0 Å². The zero-order chi connectivity index (χ0) is 13.6. The molecule has 1 unspecified atom stereocenters. The van der Waals surface area contributed by atoms with Crippen LogP contribution in [0.3, 0.4) is 0 Å². The number of hydrogen-bond acceptors (Lipinski definition) is 3. The van der Waals surface area contributed by atoms with Crippen LogP contribution in [-0.4, -0.2) is 53.6 Å². The van der Waals surface area contributed by atoms with Crippen LogP contribution >= 0.6 is 11.8 Å². The molecule has 100 valence electrons. The molecule has 5 nitrogen and oxygen atoms in total. The van der Waals surface area contributed by atoms with E-state index >= 15 is 0 Å². The zero-order valence-corrected chi connectivity index (χ0v) is 11.9. The van der Waals surface area contributed by atoms with E-state index in [1.807, 2.05) is 6.26 Å². The number of amides is 2. The second-order valence-electron chi connectivity index (χ2n) is 5.00. The van der Waals surface area contributed by atoms with Crippen LogP contribution in [0.25, 0.3) is 0 Å². The van der Waals surface area contributed by atoms with Gasteiger partial charge in [0, 0.05) is 19.3 Å². The fraction of sp³-hybridized carbons (Fsp3) is 0.818. The highest BCUT2D eigenvalue weighted by Crippen LogP contribution is 2.19. The van der Waals surface area contributed by atoms with E-state index in [-0.39, 0.29) is 6.03 Å². The Hall–Kier alpha value is -0.910. The number of hydrogen-bond donors (Lipinski definition) is 2. The predicted octanol–water partition coefficient (Wildman–Crippen LogP) is 1.49. The van der Waals surface area contributed by atoms with E-state index in [1.165, 1.54) is 4.90 Å². The molecule has 0 heterocycles. The van der Waals surface area contributed by atoms with Crippen LogP contribution < -0.4 is 5.32 Å². The van der Waals surface area contributed by atoms with Gasteiger partial charge in [0.15, 0.2) is 0 Å². The average molecular weight is 262 g/mol. The molecule has 0 saturated carbocycles. The van der Waals surface area contributed by atoms with E-state index in [9.17, 15) is 9.59 Å². The molecule has 1 atom stereocenters. The number of carbonyl (C=O) groups is 2. The monoisotopic (exact) mass is 262 g/mol. The lowest BCUT2D eigenvalue weighted by atomic mass is 9.87. The van der Waals surface area contributed by atoms with E-state index in [4.69, 9.17) is 5.11 Å². The Labute approximate surface area is 107 Å². The van der Waals surface area contributed by atoms with E-state index in [0.717, 1.165) is 5.75 Å². The lowest BCUT2D eigenvalue weighted by Crippen LogP contribution is -2.52. The molecule has 0 aromatic heterocycles. The van der Waals surface area contributed by atoms with Crippen LogP contribution in [-0.2, 0) is 4.79 Å². The van der Waals surface area contributed by atoms with Crippen molar-refractivity contribution in [3.05, 3.63) is 0 Å². The van der Waals surface area contributed by atoms with Gasteiger partial charge < -0.3 is 15.3 Å². The van der Waals surface area contributed by atoms with Crippen molar-refractivity contribution < 1.29 is 14.7 Å². The van der Waals surface area contributed by atoms with Crippen molar-refractivity contribution in [1.29, 1.82) is 0 Å². The van der Waals surface area contributed by atoms with Gasteiger partial charge in [-0.05, 0) is 11.7 Å². The molecule has 2 amide bonds. The van der Waals surface area contributed by atoms with E-state index in [1.54, 1.807) is 39.6 Å².